The number of benzene rings is 1. The maximum atomic E-state index is 12.3. The van der Waals surface area contributed by atoms with Gasteiger partial charge in [-0.2, -0.15) is 0 Å². The number of likely N-dealkylation sites (tertiary alicyclic amines) is 1. The molecule has 1 aromatic heterocycles. The molecular formula is C16H17NO5S. The van der Waals surface area contributed by atoms with E-state index in [0.717, 1.165) is 0 Å². The van der Waals surface area contributed by atoms with Gasteiger partial charge >= 0.3 is 0 Å². The summed E-state index contributed by atoms with van der Waals surface area (Å²) in [5.74, 6) is 0.695. The first kappa shape index (κ1) is 15.6. The van der Waals surface area contributed by atoms with Crippen molar-refractivity contribution in [1.82, 2.24) is 4.90 Å². The van der Waals surface area contributed by atoms with Gasteiger partial charge in [0.05, 0.1) is 18.6 Å². The van der Waals surface area contributed by atoms with Crippen LogP contribution in [0.2, 0.25) is 0 Å². The largest absolute Gasteiger partial charge is 0.497 e. The summed E-state index contributed by atoms with van der Waals surface area (Å²) in [6.45, 7) is 0.415. The summed E-state index contributed by atoms with van der Waals surface area (Å²) in [5.41, 5.74) is 0.492. The van der Waals surface area contributed by atoms with E-state index in [1.54, 1.807) is 36.4 Å². The van der Waals surface area contributed by atoms with E-state index in [9.17, 15) is 13.2 Å². The summed E-state index contributed by atoms with van der Waals surface area (Å²) in [4.78, 5) is 13.9. The first-order valence-corrected chi connectivity index (χ1v) is 8.88. The summed E-state index contributed by atoms with van der Waals surface area (Å²) in [6, 6.07) is 10.1. The van der Waals surface area contributed by atoms with Crippen molar-refractivity contribution in [2.75, 3.05) is 20.2 Å². The number of furan rings is 1. The second-order valence-electron chi connectivity index (χ2n) is 5.45. The molecule has 2 aromatic rings. The number of methoxy groups -OCH3 is 1. The fourth-order valence-corrected chi connectivity index (χ4v) is 4.09. The van der Waals surface area contributed by atoms with Gasteiger partial charge in [0.2, 0.25) is 0 Å². The molecule has 0 unspecified atom stereocenters. The van der Waals surface area contributed by atoms with Crippen LogP contribution in [0.3, 0.4) is 0 Å². The van der Waals surface area contributed by atoms with Crippen LogP contribution in [-0.2, 0) is 15.6 Å². The molecule has 0 bridgehead atoms. The maximum absolute atomic E-state index is 12.3. The van der Waals surface area contributed by atoms with Gasteiger partial charge in [0.15, 0.2) is 9.84 Å². The first-order chi connectivity index (χ1) is 11.0. The highest BCUT2D eigenvalue weighted by atomic mass is 32.2. The lowest BCUT2D eigenvalue weighted by molar-refractivity contribution is 0.0658. The smallest absolute Gasteiger partial charge is 0.254 e. The third kappa shape index (κ3) is 3.24. The molecule has 0 N–H and O–H groups in total. The predicted octanol–water partition coefficient (Wildman–Crippen LogP) is 1.73. The molecule has 1 aromatic carbocycles. The van der Waals surface area contributed by atoms with Crippen LogP contribution in [0.15, 0.2) is 47.1 Å². The predicted molar refractivity (Wildman–Crippen MR) is 84.0 cm³/mol. The summed E-state index contributed by atoms with van der Waals surface area (Å²) in [5, 5.41) is -0.540. The van der Waals surface area contributed by atoms with Crippen molar-refractivity contribution >= 4 is 15.7 Å². The van der Waals surface area contributed by atoms with Crippen molar-refractivity contribution < 1.29 is 22.4 Å². The molecule has 7 heteroatoms. The molecule has 1 amide bonds. The van der Waals surface area contributed by atoms with Gasteiger partial charge in [0.25, 0.3) is 5.91 Å². The fraction of sp³-hybridized carbons (Fsp3) is 0.312. The SMILES string of the molecule is COc1cccc(C(=O)N2CC(S(=O)(=O)Cc3ccco3)C2)c1. The molecule has 2 heterocycles. The van der Waals surface area contributed by atoms with Crippen LogP contribution in [-0.4, -0.2) is 44.7 Å². The van der Waals surface area contributed by atoms with Crippen molar-refractivity contribution in [2.45, 2.75) is 11.0 Å². The zero-order valence-corrected chi connectivity index (χ0v) is 13.5. The first-order valence-electron chi connectivity index (χ1n) is 7.17. The number of sulfone groups is 1. The average molecular weight is 335 g/mol. The molecule has 3 rings (SSSR count). The third-order valence-electron chi connectivity index (χ3n) is 3.88. The highest BCUT2D eigenvalue weighted by Gasteiger charge is 2.40. The Bertz CT molecular complexity index is 792. The lowest BCUT2D eigenvalue weighted by Gasteiger charge is -2.38. The van der Waals surface area contributed by atoms with Crippen molar-refractivity contribution in [3.05, 3.63) is 54.0 Å². The number of hydrogen-bond acceptors (Lipinski definition) is 5. The summed E-state index contributed by atoms with van der Waals surface area (Å²) >= 11 is 0. The molecule has 0 atom stereocenters. The number of carbonyl (C=O) groups is 1. The normalized spacial score (nSPS) is 15.3. The Kier molecular flexibility index (Phi) is 4.12. The minimum Gasteiger partial charge on any atom is -0.497 e. The molecule has 122 valence electrons. The minimum atomic E-state index is -3.32. The van der Waals surface area contributed by atoms with Crippen LogP contribution in [0.25, 0.3) is 0 Å². The minimum absolute atomic E-state index is 0.133. The number of ether oxygens (including phenoxy) is 1. The van der Waals surface area contributed by atoms with Gasteiger partial charge in [-0.05, 0) is 30.3 Å². The molecule has 0 saturated carbocycles. The fourth-order valence-electron chi connectivity index (χ4n) is 2.48. The molecule has 23 heavy (non-hydrogen) atoms. The van der Waals surface area contributed by atoms with Crippen molar-refractivity contribution in [1.29, 1.82) is 0 Å². The van der Waals surface area contributed by atoms with E-state index in [1.807, 2.05) is 0 Å². The van der Waals surface area contributed by atoms with Crippen LogP contribution in [0.5, 0.6) is 5.75 Å². The van der Waals surface area contributed by atoms with Crippen LogP contribution in [0.1, 0.15) is 16.1 Å². The van der Waals surface area contributed by atoms with Gasteiger partial charge in [-0.3, -0.25) is 4.79 Å². The van der Waals surface area contributed by atoms with E-state index >= 15 is 0 Å². The number of rotatable bonds is 5. The second kappa shape index (κ2) is 6.08. The molecular weight excluding hydrogens is 318 g/mol. The molecule has 1 fully saturated rings. The summed E-state index contributed by atoms with van der Waals surface area (Å²) < 4.78 is 34.7. The van der Waals surface area contributed by atoms with Gasteiger partial charge in [-0.15, -0.1) is 0 Å². The van der Waals surface area contributed by atoms with Crippen LogP contribution >= 0.6 is 0 Å². The monoisotopic (exact) mass is 335 g/mol. The molecule has 1 aliphatic heterocycles. The number of hydrogen-bond donors (Lipinski definition) is 0. The van der Waals surface area contributed by atoms with E-state index in [0.29, 0.717) is 17.1 Å². The van der Waals surface area contributed by atoms with Crippen molar-refractivity contribution in [3.63, 3.8) is 0 Å². The van der Waals surface area contributed by atoms with Gasteiger partial charge in [0.1, 0.15) is 17.3 Å². The Labute approximate surface area is 134 Å². The summed E-state index contributed by atoms with van der Waals surface area (Å²) in [6.07, 6.45) is 1.45. The standard InChI is InChI=1S/C16H17NO5S/c1-21-13-5-2-4-12(8-13)16(18)17-9-15(10-17)23(19,20)11-14-6-3-7-22-14/h2-8,15H,9-11H2,1H3. The van der Waals surface area contributed by atoms with Gasteiger partial charge in [0, 0.05) is 18.7 Å². The molecule has 1 aliphatic rings. The quantitative estimate of drug-likeness (QED) is 0.831. The Morgan fingerprint density at radius 3 is 2.74 bits per heavy atom. The lowest BCUT2D eigenvalue weighted by Crippen LogP contribution is -2.57. The maximum Gasteiger partial charge on any atom is 0.254 e. The molecule has 0 radical (unpaired) electrons. The van der Waals surface area contributed by atoms with Crippen molar-refractivity contribution in [2.24, 2.45) is 0 Å². The molecule has 6 nitrogen and oxygen atoms in total. The van der Waals surface area contributed by atoms with Gasteiger partial charge < -0.3 is 14.1 Å². The lowest BCUT2D eigenvalue weighted by atomic mass is 10.1. The Balaban J connectivity index is 1.63. The Morgan fingerprint density at radius 1 is 1.30 bits per heavy atom. The van der Waals surface area contributed by atoms with Crippen LogP contribution in [0.4, 0.5) is 0 Å². The zero-order chi connectivity index (χ0) is 16.4. The molecule has 0 aliphatic carbocycles. The highest BCUT2D eigenvalue weighted by Crippen LogP contribution is 2.23. The van der Waals surface area contributed by atoms with E-state index in [1.165, 1.54) is 18.3 Å². The Hall–Kier alpha value is -2.28. The topological polar surface area (TPSA) is 76.8 Å². The number of nitrogens with zero attached hydrogens (tertiary/aromatic N) is 1. The van der Waals surface area contributed by atoms with E-state index < -0.39 is 15.1 Å². The number of amides is 1. The second-order valence-corrected chi connectivity index (χ2v) is 7.73. The summed E-state index contributed by atoms with van der Waals surface area (Å²) in [7, 11) is -1.79. The van der Waals surface area contributed by atoms with E-state index in [4.69, 9.17) is 9.15 Å². The third-order valence-corrected chi connectivity index (χ3v) is 5.88. The van der Waals surface area contributed by atoms with E-state index in [-0.39, 0.29) is 24.7 Å². The van der Waals surface area contributed by atoms with Crippen LogP contribution in [0, 0.1) is 0 Å². The average Bonchev–Trinajstić information content (AvgIpc) is 2.97. The van der Waals surface area contributed by atoms with Gasteiger partial charge in [-0.1, -0.05) is 6.07 Å². The van der Waals surface area contributed by atoms with E-state index in [2.05, 4.69) is 0 Å². The zero-order valence-electron chi connectivity index (χ0n) is 12.6. The van der Waals surface area contributed by atoms with Crippen molar-refractivity contribution in [3.8, 4) is 5.75 Å². The Morgan fingerprint density at radius 2 is 2.09 bits per heavy atom. The molecule has 0 spiro atoms. The van der Waals surface area contributed by atoms with Gasteiger partial charge in [-0.25, -0.2) is 8.42 Å². The highest BCUT2D eigenvalue weighted by molar-refractivity contribution is 7.91. The van der Waals surface area contributed by atoms with Crippen LogP contribution < -0.4 is 4.74 Å². The molecule has 1 saturated heterocycles. The number of carbonyl (C=O) groups excluding carboxylic acids is 1.